The van der Waals surface area contributed by atoms with Crippen molar-refractivity contribution in [3.8, 4) is 5.88 Å². The predicted molar refractivity (Wildman–Crippen MR) is 62.7 cm³/mol. The van der Waals surface area contributed by atoms with Gasteiger partial charge in [0.2, 0.25) is 5.88 Å². The van der Waals surface area contributed by atoms with Gasteiger partial charge in [-0.3, -0.25) is 0 Å². The van der Waals surface area contributed by atoms with E-state index in [-0.39, 0.29) is 6.61 Å². The summed E-state index contributed by atoms with van der Waals surface area (Å²) in [6.07, 6.45) is 0. The number of anilines is 1. The molecular formula is C11H19N3O2. The minimum absolute atomic E-state index is 0.0278. The summed E-state index contributed by atoms with van der Waals surface area (Å²) in [6, 6.07) is 1.73. The van der Waals surface area contributed by atoms with E-state index in [1.807, 2.05) is 20.8 Å². The molecule has 0 radical (unpaired) electrons. The van der Waals surface area contributed by atoms with Crippen LogP contribution >= 0.6 is 0 Å². The van der Waals surface area contributed by atoms with Crippen LogP contribution in [0.4, 0.5) is 5.82 Å². The van der Waals surface area contributed by atoms with Gasteiger partial charge in [-0.15, -0.1) is 0 Å². The van der Waals surface area contributed by atoms with Crippen molar-refractivity contribution in [3.63, 3.8) is 0 Å². The molecule has 0 fully saturated rings. The average Bonchev–Trinajstić information content (AvgIpc) is 2.16. The Morgan fingerprint density at radius 3 is 2.69 bits per heavy atom. The number of nitrogens with zero attached hydrogens (tertiary/aromatic N) is 2. The Kier molecular flexibility index (Phi) is 4.06. The van der Waals surface area contributed by atoms with Crippen LogP contribution in [0.1, 0.15) is 26.6 Å². The lowest BCUT2D eigenvalue weighted by molar-refractivity contribution is 0.233. The minimum Gasteiger partial charge on any atom is -0.478 e. The number of aromatic nitrogens is 2. The standard InChI is InChI=1S/C11H19N3O2/c1-5-16-10-6-9(12-8(2)13-10)14-11(3,4)7-15/h6,15H,5,7H2,1-4H3,(H,12,13,14). The van der Waals surface area contributed by atoms with Crippen molar-refractivity contribution in [3.05, 3.63) is 11.9 Å². The van der Waals surface area contributed by atoms with E-state index < -0.39 is 5.54 Å². The van der Waals surface area contributed by atoms with Crippen molar-refractivity contribution in [1.82, 2.24) is 9.97 Å². The number of aryl methyl sites for hydroxylation is 1. The zero-order valence-electron chi connectivity index (χ0n) is 10.2. The topological polar surface area (TPSA) is 67.3 Å². The Balaban J connectivity index is 2.87. The number of hydrogen-bond acceptors (Lipinski definition) is 5. The zero-order chi connectivity index (χ0) is 12.2. The number of nitrogens with one attached hydrogen (secondary N) is 1. The van der Waals surface area contributed by atoms with Gasteiger partial charge in [0, 0.05) is 6.07 Å². The molecule has 5 nitrogen and oxygen atoms in total. The lowest BCUT2D eigenvalue weighted by atomic mass is 10.1. The molecule has 0 saturated heterocycles. The molecule has 0 unspecified atom stereocenters. The number of ether oxygens (including phenoxy) is 1. The molecule has 0 atom stereocenters. The molecule has 2 N–H and O–H groups in total. The number of hydrogen-bond donors (Lipinski definition) is 2. The van der Waals surface area contributed by atoms with Crippen molar-refractivity contribution in [2.75, 3.05) is 18.5 Å². The fourth-order valence-electron chi connectivity index (χ4n) is 1.21. The number of aliphatic hydroxyl groups is 1. The van der Waals surface area contributed by atoms with Gasteiger partial charge < -0.3 is 15.2 Å². The van der Waals surface area contributed by atoms with E-state index in [9.17, 15) is 0 Å². The molecular weight excluding hydrogens is 206 g/mol. The number of aliphatic hydroxyl groups excluding tert-OH is 1. The molecule has 0 spiro atoms. The first-order valence-corrected chi connectivity index (χ1v) is 5.34. The highest BCUT2D eigenvalue weighted by Gasteiger charge is 2.17. The quantitative estimate of drug-likeness (QED) is 0.792. The van der Waals surface area contributed by atoms with Crippen LogP contribution in [-0.2, 0) is 0 Å². The minimum atomic E-state index is -0.412. The zero-order valence-corrected chi connectivity index (χ0v) is 10.2. The van der Waals surface area contributed by atoms with Crippen molar-refractivity contribution < 1.29 is 9.84 Å². The van der Waals surface area contributed by atoms with Crippen molar-refractivity contribution in [2.24, 2.45) is 0 Å². The molecule has 0 aromatic carbocycles. The maximum absolute atomic E-state index is 9.16. The summed E-state index contributed by atoms with van der Waals surface area (Å²) >= 11 is 0. The molecule has 0 aliphatic carbocycles. The fraction of sp³-hybridized carbons (Fsp3) is 0.636. The Morgan fingerprint density at radius 2 is 2.12 bits per heavy atom. The van der Waals surface area contributed by atoms with E-state index in [1.54, 1.807) is 13.0 Å². The number of rotatable bonds is 5. The summed E-state index contributed by atoms with van der Waals surface area (Å²) < 4.78 is 5.32. The summed E-state index contributed by atoms with van der Waals surface area (Å²) in [5, 5.41) is 12.3. The molecule has 1 rings (SSSR count). The monoisotopic (exact) mass is 225 g/mol. The third-order valence-electron chi connectivity index (χ3n) is 1.97. The first-order chi connectivity index (χ1) is 7.46. The summed E-state index contributed by atoms with van der Waals surface area (Å²) in [5.41, 5.74) is -0.412. The van der Waals surface area contributed by atoms with Crippen LogP contribution in [0.15, 0.2) is 6.07 Å². The van der Waals surface area contributed by atoms with Gasteiger partial charge in [-0.05, 0) is 27.7 Å². The van der Waals surface area contributed by atoms with Gasteiger partial charge in [-0.1, -0.05) is 0 Å². The SMILES string of the molecule is CCOc1cc(NC(C)(C)CO)nc(C)n1. The highest BCUT2D eigenvalue weighted by molar-refractivity contribution is 5.40. The van der Waals surface area contributed by atoms with Gasteiger partial charge in [-0.25, -0.2) is 4.98 Å². The Morgan fingerprint density at radius 1 is 1.44 bits per heavy atom. The summed E-state index contributed by atoms with van der Waals surface area (Å²) in [5.74, 6) is 1.85. The van der Waals surface area contributed by atoms with Gasteiger partial charge in [0.15, 0.2) is 0 Å². The highest BCUT2D eigenvalue weighted by Crippen LogP contribution is 2.17. The van der Waals surface area contributed by atoms with Crippen LogP contribution in [0.3, 0.4) is 0 Å². The second-order valence-corrected chi connectivity index (χ2v) is 4.24. The molecule has 0 aliphatic rings. The summed E-state index contributed by atoms with van der Waals surface area (Å²) in [4.78, 5) is 8.38. The molecule has 0 bridgehead atoms. The van der Waals surface area contributed by atoms with Crippen LogP contribution in [0.5, 0.6) is 5.88 Å². The molecule has 16 heavy (non-hydrogen) atoms. The second kappa shape index (κ2) is 5.12. The molecule has 0 saturated carbocycles. The van der Waals surface area contributed by atoms with E-state index in [2.05, 4.69) is 15.3 Å². The third kappa shape index (κ3) is 3.66. The maximum Gasteiger partial charge on any atom is 0.218 e. The van der Waals surface area contributed by atoms with Crippen LogP contribution in [-0.4, -0.2) is 33.8 Å². The molecule has 0 amide bonds. The van der Waals surface area contributed by atoms with E-state index in [0.29, 0.717) is 24.1 Å². The van der Waals surface area contributed by atoms with Gasteiger partial charge in [0.25, 0.3) is 0 Å². The normalized spacial score (nSPS) is 11.3. The molecule has 5 heteroatoms. The molecule has 1 aromatic rings. The lowest BCUT2D eigenvalue weighted by Crippen LogP contribution is -2.35. The summed E-state index contributed by atoms with van der Waals surface area (Å²) in [6.45, 7) is 8.09. The van der Waals surface area contributed by atoms with E-state index in [0.717, 1.165) is 0 Å². The molecule has 1 heterocycles. The predicted octanol–water partition coefficient (Wildman–Crippen LogP) is 1.37. The van der Waals surface area contributed by atoms with Crippen molar-refractivity contribution >= 4 is 5.82 Å². The Labute approximate surface area is 95.9 Å². The Bertz CT molecular complexity index is 353. The van der Waals surface area contributed by atoms with Gasteiger partial charge >= 0.3 is 0 Å². The van der Waals surface area contributed by atoms with E-state index >= 15 is 0 Å². The third-order valence-corrected chi connectivity index (χ3v) is 1.97. The average molecular weight is 225 g/mol. The largest absolute Gasteiger partial charge is 0.478 e. The van der Waals surface area contributed by atoms with E-state index in [4.69, 9.17) is 9.84 Å². The van der Waals surface area contributed by atoms with E-state index in [1.165, 1.54) is 0 Å². The molecule has 0 aliphatic heterocycles. The smallest absolute Gasteiger partial charge is 0.218 e. The van der Waals surface area contributed by atoms with Crippen LogP contribution in [0, 0.1) is 6.92 Å². The van der Waals surface area contributed by atoms with Gasteiger partial charge in [0.05, 0.1) is 18.8 Å². The van der Waals surface area contributed by atoms with Gasteiger partial charge in [0.1, 0.15) is 11.6 Å². The fourth-order valence-corrected chi connectivity index (χ4v) is 1.21. The summed E-state index contributed by atoms with van der Waals surface area (Å²) in [7, 11) is 0. The first-order valence-electron chi connectivity index (χ1n) is 5.34. The molecule has 1 aromatic heterocycles. The van der Waals surface area contributed by atoms with Crippen LogP contribution in [0.2, 0.25) is 0 Å². The molecule has 90 valence electrons. The highest BCUT2D eigenvalue weighted by atomic mass is 16.5. The van der Waals surface area contributed by atoms with Crippen molar-refractivity contribution in [2.45, 2.75) is 33.2 Å². The van der Waals surface area contributed by atoms with Crippen LogP contribution < -0.4 is 10.1 Å². The van der Waals surface area contributed by atoms with Crippen LogP contribution in [0.25, 0.3) is 0 Å². The van der Waals surface area contributed by atoms with Crippen molar-refractivity contribution in [1.29, 1.82) is 0 Å². The Hall–Kier alpha value is -1.36. The first kappa shape index (κ1) is 12.7. The lowest BCUT2D eigenvalue weighted by Gasteiger charge is -2.24. The second-order valence-electron chi connectivity index (χ2n) is 4.24. The maximum atomic E-state index is 9.16. The van der Waals surface area contributed by atoms with Gasteiger partial charge in [-0.2, -0.15) is 4.98 Å².